The largest absolute Gasteiger partial charge is 0.299 e. The van der Waals surface area contributed by atoms with Gasteiger partial charge < -0.3 is 0 Å². The van der Waals surface area contributed by atoms with Crippen LogP contribution in [0, 0.1) is 12.7 Å². The molecule has 0 spiro atoms. The Kier molecular flexibility index (Phi) is 6.12. The SMILES string of the molecule is Cc1nc(C(C)C)c(C=CC=O)c(-c2ccc(F)cc2)c1C=CC=O. The van der Waals surface area contributed by atoms with Gasteiger partial charge in [0.1, 0.15) is 18.4 Å². The smallest absolute Gasteiger partial charge is 0.142 e. The molecule has 0 saturated carbocycles. The summed E-state index contributed by atoms with van der Waals surface area (Å²) in [5.41, 5.74) is 4.80. The van der Waals surface area contributed by atoms with Crippen molar-refractivity contribution in [2.24, 2.45) is 0 Å². The first-order valence-electron chi connectivity index (χ1n) is 8.03. The average molecular weight is 337 g/mol. The molecule has 1 heterocycles. The van der Waals surface area contributed by atoms with Crippen molar-refractivity contribution >= 4 is 24.7 Å². The first-order valence-corrected chi connectivity index (χ1v) is 8.03. The quantitative estimate of drug-likeness (QED) is 0.565. The molecule has 0 saturated heterocycles. The van der Waals surface area contributed by atoms with Crippen LogP contribution in [-0.4, -0.2) is 17.6 Å². The topological polar surface area (TPSA) is 47.0 Å². The minimum atomic E-state index is -0.325. The molecule has 2 aromatic rings. The number of hydrogen-bond donors (Lipinski definition) is 0. The first kappa shape index (κ1) is 18.5. The highest BCUT2D eigenvalue weighted by Gasteiger charge is 2.18. The summed E-state index contributed by atoms with van der Waals surface area (Å²) in [7, 11) is 0. The molecule has 0 fully saturated rings. The van der Waals surface area contributed by atoms with E-state index in [1.54, 1.807) is 24.3 Å². The van der Waals surface area contributed by atoms with Gasteiger partial charge in [0.25, 0.3) is 0 Å². The Morgan fingerprint density at radius 1 is 0.960 bits per heavy atom. The van der Waals surface area contributed by atoms with Crippen molar-refractivity contribution < 1.29 is 14.0 Å². The van der Waals surface area contributed by atoms with Crippen LogP contribution < -0.4 is 0 Å². The lowest BCUT2D eigenvalue weighted by molar-refractivity contribution is -0.104. The van der Waals surface area contributed by atoms with Crippen molar-refractivity contribution in [2.45, 2.75) is 26.7 Å². The lowest BCUT2D eigenvalue weighted by atomic mass is 9.89. The van der Waals surface area contributed by atoms with E-state index in [1.165, 1.54) is 24.3 Å². The average Bonchev–Trinajstić information content (AvgIpc) is 2.59. The van der Waals surface area contributed by atoms with E-state index in [-0.39, 0.29) is 11.7 Å². The maximum Gasteiger partial charge on any atom is 0.142 e. The van der Waals surface area contributed by atoms with Crippen molar-refractivity contribution in [3.8, 4) is 11.1 Å². The first-order chi connectivity index (χ1) is 12.0. The van der Waals surface area contributed by atoms with Gasteiger partial charge in [-0.1, -0.05) is 26.0 Å². The predicted molar refractivity (Wildman–Crippen MR) is 98.7 cm³/mol. The Morgan fingerprint density at radius 3 is 2.04 bits per heavy atom. The minimum Gasteiger partial charge on any atom is -0.299 e. The van der Waals surface area contributed by atoms with Crippen LogP contribution in [0.1, 0.15) is 42.3 Å². The number of rotatable bonds is 6. The number of aromatic nitrogens is 1. The van der Waals surface area contributed by atoms with Gasteiger partial charge in [0.15, 0.2) is 0 Å². The summed E-state index contributed by atoms with van der Waals surface area (Å²) < 4.78 is 13.4. The number of benzene rings is 1. The lowest BCUT2D eigenvalue weighted by Crippen LogP contribution is -2.05. The van der Waals surface area contributed by atoms with Gasteiger partial charge in [0, 0.05) is 16.8 Å². The van der Waals surface area contributed by atoms with Crippen LogP contribution >= 0.6 is 0 Å². The van der Waals surface area contributed by atoms with Gasteiger partial charge in [-0.2, -0.15) is 0 Å². The van der Waals surface area contributed by atoms with Gasteiger partial charge in [-0.05, 0) is 60.4 Å². The summed E-state index contributed by atoms with van der Waals surface area (Å²) in [5, 5.41) is 0. The molecule has 0 unspecified atom stereocenters. The van der Waals surface area contributed by atoms with Crippen LogP contribution in [0.4, 0.5) is 4.39 Å². The van der Waals surface area contributed by atoms with Gasteiger partial charge >= 0.3 is 0 Å². The molecule has 3 nitrogen and oxygen atoms in total. The third kappa shape index (κ3) is 4.15. The third-order valence-corrected chi connectivity index (χ3v) is 3.86. The summed E-state index contributed by atoms with van der Waals surface area (Å²) in [6.07, 6.45) is 7.63. The van der Waals surface area contributed by atoms with Gasteiger partial charge in [-0.3, -0.25) is 14.6 Å². The zero-order chi connectivity index (χ0) is 18.4. The third-order valence-electron chi connectivity index (χ3n) is 3.86. The number of aldehydes is 2. The molecule has 25 heavy (non-hydrogen) atoms. The number of carbonyl (C=O) groups is 2. The maximum atomic E-state index is 13.4. The van der Waals surface area contributed by atoms with E-state index < -0.39 is 0 Å². The van der Waals surface area contributed by atoms with Crippen LogP contribution in [-0.2, 0) is 9.59 Å². The van der Waals surface area contributed by atoms with Crippen LogP contribution in [0.25, 0.3) is 23.3 Å². The fourth-order valence-corrected chi connectivity index (χ4v) is 2.77. The van der Waals surface area contributed by atoms with Gasteiger partial charge in [-0.25, -0.2) is 4.39 Å². The molecule has 0 N–H and O–H groups in total. The Bertz CT molecular complexity index is 834. The van der Waals surface area contributed by atoms with Crippen molar-refractivity contribution in [1.82, 2.24) is 4.98 Å². The summed E-state index contributed by atoms with van der Waals surface area (Å²) in [6.45, 7) is 5.92. The van der Waals surface area contributed by atoms with Crippen molar-refractivity contribution in [3.63, 3.8) is 0 Å². The molecule has 0 amide bonds. The number of aryl methyl sites for hydroxylation is 1. The minimum absolute atomic E-state index is 0.133. The fourth-order valence-electron chi connectivity index (χ4n) is 2.77. The van der Waals surface area contributed by atoms with Crippen LogP contribution in [0.2, 0.25) is 0 Å². The summed E-state index contributed by atoms with van der Waals surface area (Å²) in [6, 6.07) is 6.15. The second kappa shape index (κ2) is 8.29. The monoisotopic (exact) mass is 337 g/mol. The number of nitrogens with zero attached hydrogens (tertiary/aromatic N) is 1. The van der Waals surface area contributed by atoms with Gasteiger partial charge in [0.2, 0.25) is 0 Å². The molecule has 4 heteroatoms. The summed E-state index contributed by atoms with van der Waals surface area (Å²) in [4.78, 5) is 26.3. The fraction of sp³-hybridized carbons (Fsp3) is 0.190. The molecule has 1 aromatic heterocycles. The van der Waals surface area contributed by atoms with Crippen LogP contribution in [0.3, 0.4) is 0 Å². The van der Waals surface area contributed by atoms with Crippen molar-refractivity contribution in [3.05, 3.63) is 64.7 Å². The highest BCUT2D eigenvalue weighted by molar-refractivity contribution is 5.89. The molecular formula is C21H20FNO2. The summed E-state index contributed by atoms with van der Waals surface area (Å²) >= 11 is 0. The van der Waals surface area contributed by atoms with E-state index in [1.807, 2.05) is 20.8 Å². The standard InChI is InChI=1S/C21H20FNO2/c1-14(2)21-19(7-5-13-25)20(16-8-10-17(22)11-9-16)18(6-4-12-24)15(3)23-21/h4-14H,1-3H3. The lowest BCUT2D eigenvalue weighted by Gasteiger charge is -2.19. The van der Waals surface area contributed by atoms with Gasteiger partial charge in [0.05, 0.1) is 5.69 Å². The Morgan fingerprint density at radius 2 is 1.52 bits per heavy atom. The zero-order valence-corrected chi connectivity index (χ0v) is 14.5. The number of halogens is 1. The molecule has 0 bridgehead atoms. The van der Waals surface area contributed by atoms with E-state index in [2.05, 4.69) is 4.98 Å². The Labute approximate surface area is 146 Å². The van der Waals surface area contributed by atoms with E-state index in [9.17, 15) is 14.0 Å². The normalized spacial score (nSPS) is 11.6. The summed E-state index contributed by atoms with van der Waals surface area (Å²) in [5.74, 6) is -0.193. The molecule has 0 aliphatic carbocycles. The predicted octanol–water partition coefficient (Wildman–Crippen LogP) is 4.74. The second-order valence-corrected chi connectivity index (χ2v) is 5.94. The van der Waals surface area contributed by atoms with E-state index >= 15 is 0 Å². The van der Waals surface area contributed by atoms with E-state index in [0.29, 0.717) is 12.6 Å². The van der Waals surface area contributed by atoms with Crippen molar-refractivity contribution in [1.29, 1.82) is 0 Å². The number of pyridine rings is 1. The molecule has 0 radical (unpaired) electrons. The zero-order valence-electron chi connectivity index (χ0n) is 14.5. The van der Waals surface area contributed by atoms with Crippen LogP contribution in [0.5, 0.6) is 0 Å². The molecule has 0 atom stereocenters. The highest BCUT2D eigenvalue weighted by Crippen LogP contribution is 2.35. The molecule has 128 valence electrons. The van der Waals surface area contributed by atoms with E-state index in [4.69, 9.17) is 0 Å². The Hall–Kier alpha value is -2.88. The Balaban J connectivity index is 2.91. The maximum absolute atomic E-state index is 13.4. The second-order valence-electron chi connectivity index (χ2n) is 5.94. The molecule has 0 aliphatic rings. The van der Waals surface area contributed by atoms with Crippen molar-refractivity contribution in [2.75, 3.05) is 0 Å². The number of carbonyl (C=O) groups excluding carboxylic acids is 2. The van der Waals surface area contributed by atoms with Crippen LogP contribution in [0.15, 0.2) is 36.4 Å². The van der Waals surface area contributed by atoms with E-state index in [0.717, 1.165) is 33.6 Å². The molecule has 2 rings (SSSR count). The highest BCUT2D eigenvalue weighted by atomic mass is 19.1. The number of allylic oxidation sites excluding steroid dienone is 2. The van der Waals surface area contributed by atoms with Gasteiger partial charge in [-0.15, -0.1) is 0 Å². The number of hydrogen-bond acceptors (Lipinski definition) is 3. The molecule has 1 aromatic carbocycles. The molecular weight excluding hydrogens is 317 g/mol. The molecule has 0 aliphatic heterocycles.